The predicted molar refractivity (Wildman–Crippen MR) is 65.8 cm³/mol. The van der Waals surface area contributed by atoms with Crippen LogP contribution in [0.1, 0.15) is 6.92 Å². The third-order valence-electron chi connectivity index (χ3n) is 2.47. The molecule has 1 atom stereocenters. The minimum atomic E-state index is -0.136. The summed E-state index contributed by atoms with van der Waals surface area (Å²) in [6.45, 7) is 1.85. The lowest BCUT2D eigenvalue weighted by molar-refractivity contribution is 0.937. The average molecular weight is 243 g/mol. The molecule has 1 N–H and O–H groups in total. The first-order valence-electron chi connectivity index (χ1n) is 5.17. The van der Waals surface area contributed by atoms with Crippen LogP contribution in [0.3, 0.4) is 0 Å². The molecular weight excluding hydrogens is 234 g/mol. The Balaban J connectivity index is 2.23. The summed E-state index contributed by atoms with van der Waals surface area (Å²) < 4.78 is 1.94. The molecule has 5 nitrogen and oxygen atoms in total. The van der Waals surface area contributed by atoms with Gasteiger partial charge in [-0.15, -0.1) is 5.10 Å². The molecule has 17 heavy (non-hydrogen) atoms. The molecule has 2 heterocycles. The van der Waals surface area contributed by atoms with Crippen molar-refractivity contribution in [1.82, 2.24) is 19.6 Å². The number of hydrogen-bond donors (Lipinski definition) is 1. The molecule has 0 radical (unpaired) electrons. The smallest absolute Gasteiger partial charge is 0.231 e. The van der Waals surface area contributed by atoms with E-state index in [9.17, 15) is 0 Å². The van der Waals surface area contributed by atoms with E-state index < -0.39 is 0 Å². The van der Waals surface area contributed by atoms with Crippen molar-refractivity contribution >= 4 is 28.6 Å². The van der Waals surface area contributed by atoms with E-state index in [1.54, 1.807) is 0 Å². The van der Waals surface area contributed by atoms with Crippen LogP contribution in [0, 0.1) is 11.3 Å². The summed E-state index contributed by atoms with van der Waals surface area (Å²) >= 11 is 1.42. The van der Waals surface area contributed by atoms with Crippen molar-refractivity contribution in [2.75, 3.05) is 0 Å². The van der Waals surface area contributed by atoms with Gasteiger partial charge in [-0.05, 0) is 19.1 Å². The van der Waals surface area contributed by atoms with Crippen molar-refractivity contribution in [3.05, 3.63) is 24.3 Å². The van der Waals surface area contributed by atoms with Crippen molar-refractivity contribution in [3.63, 3.8) is 0 Å². The quantitative estimate of drug-likeness (QED) is 0.700. The molecule has 0 fully saturated rings. The number of aromatic nitrogens is 4. The van der Waals surface area contributed by atoms with Crippen LogP contribution in [-0.4, -0.2) is 24.8 Å². The van der Waals surface area contributed by atoms with Crippen LogP contribution in [0.15, 0.2) is 29.4 Å². The maximum absolute atomic E-state index is 8.84. The van der Waals surface area contributed by atoms with Gasteiger partial charge in [-0.3, -0.25) is 4.40 Å². The first-order chi connectivity index (χ1) is 8.29. The molecule has 1 aromatic carbocycles. The molecule has 0 aliphatic carbocycles. The second kappa shape index (κ2) is 3.79. The highest BCUT2D eigenvalue weighted by atomic mass is 32.2. The lowest BCUT2D eigenvalue weighted by Crippen LogP contribution is -1.93. The highest BCUT2D eigenvalue weighted by Crippen LogP contribution is 2.25. The van der Waals surface area contributed by atoms with E-state index in [2.05, 4.69) is 21.3 Å². The largest absolute Gasteiger partial charge is 0.254 e. The van der Waals surface area contributed by atoms with E-state index in [-0.39, 0.29) is 5.25 Å². The van der Waals surface area contributed by atoms with Crippen molar-refractivity contribution in [2.24, 2.45) is 0 Å². The van der Waals surface area contributed by atoms with Gasteiger partial charge in [0.05, 0.1) is 22.4 Å². The number of H-pyrrole nitrogens is 1. The predicted octanol–water partition coefficient (Wildman–Crippen LogP) is 2.21. The molecule has 0 unspecified atom stereocenters. The first kappa shape index (κ1) is 10.2. The number of aromatic amines is 1. The summed E-state index contributed by atoms with van der Waals surface area (Å²) in [4.78, 5) is 4.42. The molecular formula is C11H9N5S. The number of fused-ring (bicyclic) bond motifs is 3. The zero-order chi connectivity index (χ0) is 11.8. The number of nitriles is 1. The van der Waals surface area contributed by atoms with Gasteiger partial charge in [-0.1, -0.05) is 23.9 Å². The number of thioether (sulfide) groups is 1. The van der Waals surface area contributed by atoms with Crippen LogP contribution in [0.5, 0.6) is 0 Å². The summed E-state index contributed by atoms with van der Waals surface area (Å²) in [6.07, 6.45) is 0. The highest BCUT2D eigenvalue weighted by Gasteiger charge is 2.13. The second-order valence-electron chi connectivity index (χ2n) is 3.65. The van der Waals surface area contributed by atoms with Crippen LogP contribution in [0.2, 0.25) is 0 Å². The zero-order valence-corrected chi connectivity index (χ0v) is 9.90. The summed E-state index contributed by atoms with van der Waals surface area (Å²) in [7, 11) is 0. The summed E-state index contributed by atoms with van der Waals surface area (Å²) in [5.74, 6) is 0.707. The fourth-order valence-electron chi connectivity index (χ4n) is 1.71. The molecule has 84 valence electrons. The molecule has 3 rings (SSSR count). The molecule has 0 saturated heterocycles. The number of hydrogen-bond acceptors (Lipinski definition) is 4. The molecule has 0 aliphatic rings. The third kappa shape index (κ3) is 1.56. The van der Waals surface area contributed by atoms with Gasteiger partial charge >= 0.3 is 0 Å². The van der Waals surface area contributed by atoms with Gasteiger partial charge < -0.3 is 0 Å². The summed E-state index contributed by atoms with van der Waals surface area (Å²) in [5.41, 5.74) is 1.93. The fraction of sp³-hybridized carbons (Fsp3) is 0.182. The third-order valence-corrected chi connectivity index (χ3v) is 3.41. The van der Waals surface area contributed by atoms with Gasteiger partial charge in [0.15, 0.2) is 5.16 Å². The first-order valence-corrected chi connectivity index (χ1v) is 6.05. The minimum Gasteiger partial charge on any atom is -0.254 e. The van der Waals surface area contributed by atoms with Crippen LogP contribution in [0.25, 0.3) is 16.8 Å². The standard InChI is InChI=1S/C11H9N5S/c1-7(6-12)17-11-15-14-10-13-8-4-2-3-5-9(8)16(10)11/h2-5,7H,1H3,(H,13,14)/t7-/m0/s1. The highest BCUT2D eigenvalue weighted by molar-refractivity contribution is 8.00. The maximum atomic E-state index is 8.84. The molecule has 3 aromatic rings. The van der Waals surface area contributed by atoms with E-state index in [1.165, 1.54) is 11.8 Å². The van der Waals surface area contributed by atoms with Crippen molar-refractivity contribution in [3.8, 4) is 6.07 Å². The Labute approximate surface area is 101 Å². The van der Waals surface area contributed by atoms with Crippen molar-refractivity contribution in [1.29, 1.82) is 5.26 Å². The number of imidazole rings is 1. The molecule has 0 amide bonds. The average Bonchev–Trinajstić information content (AvgIpc) is 2.89. The van der Waals surface area contributed by atoms with Crippen molar-refractivity contribution < 1.29 is 0 Å². The topological polar surface area (TPSA) is 69.8 Å². The maximum Gasteiger partial charge on any atom is 0.231 e. The molecule has 0 bridgehead atoms. The Morgan fingerprint density at radius 1 is 1.47 bits per heavy atom. The lowest BCUT2D eigenvalue weighted by Gasteiger charge is -1.99. The Hall–Kier alpha value is -2.00. The van der Waals surface area contributed by atoms with Gasteiger partial charge in [0, 0.05) is 0 Å². The van der Waals surface area contributed by atoms with E-state index in [0.29, 0.717) is 5.78 Å². The van der Waals surface area contributed by atoms with Gasteiger partial charge in [0.1, 0.15) is 0 Å². The SMILES string of the molecule is C[C@@H](C#N)Sc1n[nH]c2nc3ccccc3n12. The Morgan fingerprint density at radius 2 is 2.29 bits per heavy atom. The second-order valence-corrected chi connectivity index (χ2v) is 4.96. The number of rotatable bonds is 2. The van der Waals surface area contributed by atoms with Gasteiger partial charge in [0.2, 0.25) is 5.78 Å². The number of benzene rings is 1. The van der Waals surface area contributed by atoms with E-state index in [4.69, 9.17) is 5.26 Å². The number of para-hydroxylation sites is 2. The van der Waals surface area contributed by atoms with Gasteiger partial charge in [-0.25, -0.2) is 10.1 Å². The van der Waals surface area contributed by atoms with E-state index in [1.807, 2.05) is 35.6 Å². The monoisotopic (exact) mass is 243 g/mol. The Morgan fingerprint density at radius 3 is 3.12 bits per heavy atom. The molecule has 0 spiro atoms. The number of nitrogens with zero attached hydrogens (tertiary/aromatic N) is 4. The van der Waals surface area contributed by atoms with Gasteiger partial charge in [-0.2, -0.15) is 5.26 Å². The van der Waals surface area contributed by atoms with Crippen LogP contribution >= 0.6 is 11.8 Å². The van der Waals surface area contributed by atoms with Crippen molar-refractivity contribution in [2.45, 2.75) is 17.3 Å². The molecule has 6 heteroatoms. The fourth-order valence-corrected chi connectivity index (χ4v) is 2.46. The molecule has 0 aliphatic heterocycles. The molecule has 0 saturated carbocycles. The molecule has 2 aromatic heterocycles. The Kier molecular flexibility index (Phi) is 2.27. The number of nitrogens with one attached hydrogen (secondary N) is 1. The zero-order valence-electron chi connectivity index (χ0n) is 9.08. The van der Waals surface area contributed by atoms with Crippen LogP contribution < -0.4 is 0 Å². The van der Waals surface area contributed by atoms with E-state index in [0.717, 1.165) is 16.2 Å². The lowest BCUT2D eigenvalue weighted by atomic mass is 10.3. The summed E-state index contributed by atoms with van der Waals surface area (Å²) in [5, 5.41) is 16.5. The van der Waals surface area contributed by atoms with Crippen LogP contribution in [0.4, 0.5) is 0 Å². The summed E-state index contributed by atoms with van der Waals surface area (Å²) in [6, 6.07) is 10.0. The Bertz CT molecular complexity index is 720. The van der Waals surface area contributed by atoms with E-state index >= 15 is 0 Å². The van der Waals surface area contributed by atoms with Crippen LogP contribution in [-0.2, 0) is 0 Å². The normalized spacial score (nSPS) is 12.9. The van der Waals surface area contributed by atoms with Gasteiger partial charge in [0.25, 0.3) is 0 Å². The minimum absolute atomic E-state index is 0.136.